The van der Waals surface area contributed by atoms with Gasteiger partial charge in [0.1, 0.15) is 23.9 Å². The lowest BCUT2D eigenvalue weighted by Crippen LogP contribution is -2.37. The van der Waals surface area contributed by atoms with Crippen LogP contribution >= 0.6 is 0 Å². The summed E-state index contributed by atoms with van der Waals surface area (Å²) in [7, 11) is 0. The van der Waals surface area contributed by atoms with Gasteiger partial charge in [-0.2, -0.15) is 5.10 Å². The van der Waals surface area contributed by atoms with Gasteiger partial charge >= 0.3 is 0 Å². The second-order valence-corrected chi connectivity index (χ2v) is 5.45. The van der Waals surface area contributed by atoms with Crippen LogP contribution in [0.1, 0.15) is 18.4 Å². The molecular formula is C18H18FN3O2. The zero-order chi connectivity index (χ0) is 16.8. The van der Waals surface area contributed by atoms with Gasteiger partial charge in [-0.25, -0.2) is 4.39 Å². The van der Waals surface area contributed by atoms with Crippen molar-refractivity contribution in [1.82, 2.24) is 5.32 Å². The standard InChI is InChI=1S/C18H18FN3O2/c19-15-9-8-14(24-12-13-5-2-1-3-6-13)11-17(15)22-21-16-7-4-10-20-18(16)23/h1-3,5-6,8-9,11,22H,4,7,10,12H2,(H,20,23)/b21-16+. The molecule has 0 aliphatic carbocycles. The molecular weight excluding hydrogens is 309 g/mol. The third-order valence-corrected chi connectivity index (χ3v) is 3.64. The summed E-state index contributed by atoms with van der Waals surface area (Å²) in [5.41, 5.74) is 4.19. The third-order valence-electron chi connectivity index (χ3n) is 3.64. The molecule has 0 aromatic heterocycles. The summed E-state index contributed by atoms with van der Waals surface area (Å²) < 4.78 is 19.6. The summed E-state index contributed by atoms with van der Waals surface area (Å²) in [6.45, 7) is 1.04. The van der Waals surface area contributed by atoms with Crippen molar-refractivity contribution in [3.05, 3.63) is 59.9 Å². The van der Waals surface area contributed by atoms with Crippen molar-refractivity contribution in [2.45, 2.75) is 19.4 Å². The molecule has 0 atom stereocenters. The first-order valence-corrected chi connectivity index (χ1v) is 7.79. The Hall–Kier alpha value is -2.89. The van der Waals surface area contributed by atoms with E-state index in [1.807, 2.05) is 30.3 Å². The van der Waals surface area contributed by atoms with Crippen molar-refractivity contribution < 1.29 is 13.9 Å². The van der Waals surface area contributed by atoms with Crippen LogP contribution in [0.3, 0.4) is 0 Å². The van der Waals surface area contributed by atoms with E-state index < -0.39 is 5.82 Å². The maximum Gasteiger partial charge on any atom is 0.267 e. The summed E-state index contributed by atoms with van der Waals surface area (Å²) in [5, 5.41) is 6.72. The highest BCUT2D eigenvalue weighted by molar-refractivity contribution is 6.39. The molecule has 0 bridgehead atoms. The van der Waals surface area contributed by atoms with Crippen LogP contribution in [0.15, 0.2) is 53.6 Å². The molecule has 5 nitrogen and oxygen atoms in total. The lowest BCUT2D eigenvalue weighted by Gasteiger charge is -2.14. The zero-order valence-corrected chi connectivity index (χ0v) is 13.1. The van der Waals surface area contributed by atoms with Gasteiger partial charge in [0.25, 0.3) is 5.91 Å². The van der Waals surface area contributed by atoms with E-state index in [1.165, 1.54) is 12.1 Å². The van der Waals surface area contributed by atoms with E-state index in [1.54, 1.807) is 6.07 Å². The predicted molar refractivity (Wildman–Crippen MR) is 90.5 cm³/mol. The van der Waals surface area contributed by atoms with Crippen LogP contribution in [0, 0.1) is 5.82 Å². The molecule has 0 radical (unpaired) electrons. The zero-order valence-electron chi connectivity index (χ0n) is 13.1. The summed E-state index contributed by atoms with van der Waals surface area (Å²) >= 11 is 0. The minimum absolute atomic E-state index is 0.173. The Labute approximate surface area is 139 Å². The van der Waals surface area contributed by atoms with Gasteiger partial charge in [0.05, 0.1) is 5.69 Å². The van der Waals surface area contributed by atoms with Gasteiger partial charge in [-0.05, 0) is 30.5 Å². The fraction of sp³-hybridized carbons (Fsp3) is 0.222. The number of piperidine rings is 1. The van der Waals surface area contributed by atoms with E-state index >= 15 is 0 Å². The van der Waals surface area contributed by atoms with E-state index in [9.17, 15) is 9.18 Å². The van der Waals surface area contributed by atoms with Gasteiger partial charge in [-0.1, -0.05) is 30.3 Å². The number of carbonyl (C=O) groups is 1. The van der Waals surface area contributed by atoms with Crippen LogP contribution in [0.2, 0.25) is 0 Å². The molecule has 1 saturated heterocycles. The van der Waals surface area contributed by atoms with E-state index in [2.05, 4.69) is 15.8 Å². The van der Waals surface area contributed by atoms with Crippen molar-refractivity contribution >= 4 is 17.3 Å². The number of nitrogens with one attached hydrogen (secondary N) is 2. The van der Waals surface area contributed by atoms with E-state index in [-0.39, 0.29) is 11.6 Å². The first-order chi connectivity index (χ1) is 11.7. The van der Waals surface area contributed by atoms with Crippen molar-refractivity contribution in [2.75, 3.05) is 12.0 Å². The molecule has 0 saturated carbocycles. The van der Waals surface area contributed by atoms with Crippen molar-refractivity contribution in [1.29, 1.82) is 0 Å². The number of hydrazone groups is 1. The van der Waals surface area contributed by atoms with Crippen LogP contribution in [0.25, 0.3) is 0 Å². The minimum Gasteiger partial charge on any atom is -0.489 e. The Balaban J connectivity index is 1.67. The molecule has 0 unspecified atom stereocenters. The van der Waals surface area contributed by atoms with Crippen molar-refractivity contribution in [3.8, 4) is 5.75 Å². The maximum absolute atomic E-state index is 13.9. The van der Waals surface area contributed by atoms with E-state index in [0.717, 1.165) is 12.0 Å². The van der Waals surface area contributed by atoms with Crippen molar-refractivity contribution in [3.63, 3.8) is 0 Å². The van der Waals surface area contributed by atoms with Gasteiger partial charge in [-0.15, -0.1) is 0 Å². The first kappa shape index (κ1) is 16.0. The molecule has 24 heavy (non-hydrogen) atoms. The number of benzene rings is 2. The first-order valence-electron chi connectivity index (χ1n) is 7.79. The smallest absolute Gasteiger partial charge is 0.267 e. The molecule has 1 amide bonds. The molecule has 0 spiro atoms. The highest BCUT2D eigenvalue weighted by Crippen LogP contribution is 2.22. The number of amides is 1. The summed E-state index contributed by atoms with van der Waals surface area (Å²) in [6.07, 6.45) is 1.40. The largest absolute Gasteiger partial charge is 0.489 e. The van der Waals surface area contributed by atoms with Crippen LogP contribution in [-0.2, 0) is 11.4 Å². The van der Waals surface area contributed by atoms with E-state index in [4.69, 9.17) is 4.74 Å². The Kier molecular flexibility index (Phi) is 5.05. The van der Waals surface area contributed by atoms with Gasteiger partial charge in [0.2, 0.25) is 0 Å². The molecule has 2 aromatic carbocycles. The molecule has 1 aliphatic heterocycles. The van der Waals surface area contributed by atoms with Gasteiger partial charge in [-0.3, -0.25) is 10.2 Å². The number of rotatable bonds is 5. The van der Waals surface area contributed by atoms with Crippen LogP contribution < -0.4 is 15.5 Å². The number of carbonyl (C=O) groups excluding carboxylic acids is 1. The maximum atomic E-state index is 13.9. The van der Waals surface area contributed by atoms with Gasteiger partial charge in [0, 0.05) is 12.6 Å². The minimum atomic E-state index is -0.456. The fourth-order valence-electron chi connectivity index (χ4n) is 2.33. The summed E-state index contributed by atoms with van der Waals surface area (Å²) in [6, 6.07) is 14.1. The summed E-state index contributed by atoms with van der Waals surface area (Å²) in [5.74, 6) is -0.149. The third kappa shape index (κ3) is 4.10. The molecule has 2 N–H and O–H groups in total. The Bertz CT molecular complexity index is 747. The quantitative estimate of drug-likeness (QED) is 0.830. The van der Waals surface area contributed by atoms with Crippen molar-refractivity contribution in [2.24, 2.45) is 5.10 Å². The second-order valence-electron chi connectivity index (χ2n) is 5.45. The highest BCUT2D eigenvalue weighted by Gasteiger charge is 2.16. The molecule has 6 heteroatoms. The predicted octanol–water partition coefficient (Wildman–Crippen LogP) is 3.08. The normalized spacial score (nSPS) is 15.9. The number of hydrogen-bond acceptors (Lipinski definition) is 4. The monoisotopic (exact) mass is 327 g/mol. The molecule has 2 aromatic rings. The Morgan fingerprint density at radius 1 is 1.21 bits per heavy atom. The molecule has 3 rings (SSSR count). The topological polar surface area (TPSA) is 62.7 Å². The number of anilines is 1. The molecule has 1 aliphatic rings. The van der Waals surface area contributed by atoms with Crippen LogP contribution in [-0.4, -0.2) is 18.2 Å². The highest BCUT2D eigenvalue weighted by atomic mass is 19.1. The molecule has 1 heterocycles. The van der Waals surface area contributed by atoms with Gasteiger partial charge in [0.15, 0.2) is 0 Å². The van der Waals surface area contributed by atoms with E-state index in [0.29, 0.717) is 31.0 Å². The average molecular weight is 327 g/mol. The lowest BCUT2D eigenvalue weighted by atomic mass is 10.1. The average Bonchev–Trinajstić information content (AvgIpc) is 2.62. The molecule has 124 valence electrons. The number of halogens is 1. The Morgan fingerprint density at radius 3 is 2.83 bits per heavy atom. The fourth-order valence-corrected chi connectivity index (χ4v) is 2.33. The van der Waals surface area contributed by atoms with Crippen LogP contribution in [0.4, 0.5) is 10.1 Å². The SMILES string of the molecule is O=C1NCCC/C1=N\Nc1cc(OCc2ccccc2)ccc1F. The van der Waals surface area contributed by atoms with Gasteiger partial charge < -0.3 is 10.1 Å². The number of hydrogen-bond donors (Lipinski definition) is 2. The van der Waals surface area contributed by atoms with Crippen LogP contribution in [0.5, 0.6) is 5.75 Å². The number of nitrogens with zero attached hydrogens (tertiary/aromatic N) is 1. The molecule has 1 fully saturated rings. The second kappa shape index (κ2) is 7.59. The Morgan fingerprint density at radius 2 is 2.04 bits per heavy atom. The number of ether oxygens (including phenoxy) is 1. The summed E-state index contributed by atoms with van der Waals surface area (Å²) in [4.78, 5) is 11.6. The lowest BCUT2D eigenvalue weighted by molar-refractivity contribution is -0.115.